The van der Waals surface area contributed by atoms with E-state index in [9.17, 15) is 0 Å². The number of rotatable bonds is 8. The van der Waals surface area contributed by atoms with Crippen LogP contribution in [0.4, 0.5) is 5.82 Å². The topological polar surface area (TPSA) is 56.3 Å². The van der Waals surface area contributed by atoms with Crippen LogP contribution < -0.4 is 14.8 Å². The molecule has 3 aromatic rings. The molecule has 0 unspecified atom stereocenters. The quantitative estimate of drug-likeness (QED) is 0.637. The zero-order valence-electron chi connectivity index (χ0n) is 13.7. The van der Waals surface area contributed by atoms with Gasteiger partial charge in [-0.05, 0) is 37.1 Å². The van der Waals surface area contributed by atoms with Gasteiger partial charge in [0.2, 0.25) is 0 Å². The highest BCUT2D eigenvalue weighted by Gasteiger charge is 2.03. The number of anilines is 1. The van der Waals surface area contributed by atoms with Crippen LogP contribution in [-0.4, -0.2) is 30.2 Å². The molecule has 0 spiro atoms. The fourth-order valence-electron chi connectivity index (χ4n) is 2.50. The molecular weight excluding hydrogens is 302 g/mol. The molecule has 3 rings (SSSR count). The van der Waals surface area contributed by atoms with Crippen LogP contribution >= 0.6 is 0 Å². The van der Waals surface area contributed by atoms with Gasteiger partial charge in [0.15, 0.2) is 11.5 Å². The van der Waals surface area contributed by atoms with E-state index in [-0.39, 0.29) is 0 Å². The number of para-hydroxylation sites is 3. The van der Waals surface area contributed by atoms with Crippen LogP contribution in [-0.2, 0) is 0 Å². The Kier molecular flexibility index (Phi) is 5.45. The number of nitrogens with zero attached hydrogens (tertiary/aromatic N) is 2. The van der Waals surface area contributed by atoms with Gasteiger partial charge >= 0.3 is 0 Å². The number of unbranched alkanes of at least 4 members (excludes halogenated alkanes) is 1. The molecular formula is C19H21N3O2. The molecule has 2 aromatic carbocycles. The molecule has 0 aliphatic carbocycles. The molecule has 124 valence electrons. The van der Waals surface area contributed by atoms with Gasteiger partial charge in [0, 0.05) is 11.9 Å². The monoisotopic (exact) mass is 323 g/mol. The Labute approximate surface area is 141 Å². The summed E-state index contributed by atoms with van der Waals surface area (Å²) in [6.07, 6.45) is 3.54. The summed E-state index contributed by atoms with van der Waals surface area (Å²) in [5.41, 5.74) is 0.953. The van der Waals surface area contributed by atoms with E-state index in [0.717, 1.165) is 47.6 Å². The third-order valence-corrected chi connectivity index (χ3v) is 3.73. The lowest BCUT2D eigenvalue weighted by Crippen LogP contribution is -2.07. The van der Waals surface area contributed by atoms with Crippen molar-refractivity contribution in [1.82, 2.24) is 9.97 Å². The van der Waals surface area contributed by atoms with Crippen LogP contribution in [0.5, 0.6) is 11.5 Å². The second kappa shape index (κ2) is 8.15. The zero-order valence-corrected chi connectivity index (χ0v) is 13.7. The van der Waals surface area contributed by atoms with E-state index in [1.165, 1.54) is 0 Å². The second-order valence-electron chi connectivity index (χ2n) is 5.37. The van der Waals surface area contributed by atoms with Gasteiger partial charge in [-0.3, -0.25) is 0 Å². The first kappa shape index (κ1) is 16.1. The molecule has 0 fully saturated rings. The van der Waals surface area contributed by atoms with Crippen LogP contribution in [0.2, 0.25) is 0 Å². The molecule has 0 atom stereocenters. The number of hydrogen-bond donors (Lipinski definition) is 1. The lowest BCUT2D eigenvalue weighted by atomic mass is 10.2. The van der Waals surface area contributed by atoms with Gasteiger partial charge < -0.3 is 14.8 Å². The lowest BCUT2D eigenvalue weighted by Gasteiger charge is -2.11. The summed E-state index contributed by atoms with van der Waals surface area (Å²) in [5.74, 6) is 2.43. The number of aromatic nitrogens is 2. The average Bonchev–Trinajstić information content (AvgIpc) is 2.65. The third kappa shape index (κ3) is 3.93. The lowest BCUT2D eigenvalue weighted by molar-refractivity contribution is 0.287. The molecule has 24 heavy (non-hydrogen) atoms. The molecule has 1 heterocycles. The highest BCUT2D eigenvalue weighted by molar-refractivity contribution is 5.88. The Bertz CT molecular complexity index is 787. The number of hydrogen-bond acceptors (Lipinski definition) is 5. The van der Waals surface area contributed by atoms with Crippen LogP contribution in [0.25, 0.3) is 10.9 Å². The minimum Gasteiger partial charge on any atom is -0.493 e. The van der Waals surface area contributed by atoms with Crippen molar-refractivity contribution < 1.29 is 9.47 Å². The highest BCUT2D eigenvalue weighted by Crippen LogP contribution is 2.25. The van der Waals surface area contributed by atoms with E-state index in [4.69, 9.17) is 9.47 Å². The van der Waals surface area contributed by atoms with E-state index in [2.05, 4.69) is 15.3 Å². The van der Waals surface area contributed by atoms with Gasteiger partial charge in [0.1, 0.15) is 12.1 Å². The average molecular weight is 323 g/mol. The zero-order chi connectivity index (χ0) is 16.6. The molecule has 1 aromatic heterocycles. The van der Waals surface area contributed by atoms with Crippen molar-refractivity contribution in [3.63, 3.8) is 0 Å². The fourth-order valence-corrected chi connectivity index (χ4v) is 2.50. The summed E-state index contributed by atoms with van der Waals surface area (Å²) in [6, 6.07) is 15.7. The van der Waals surface area contributed by atoms with Crippen molar-refractivity contribution in [3.8, 4) is 11.5 Å². The molecule has 5 nitrogen and oxygen atoms in total. The van der Waals surface area contributed by atoms with E-state index < -0.39 is 0 Å². The van der Waals surface area contributed by atoms with Crippen LogP contribution in [0.15, 0.2) is 54.9 Å². The molecule has 0 radical (unpaired) electrons. The van der Waals surface area contributed by atoms with Crippen LogP contribution in [0.1, 0.15) is 12.8 Å². The van der Waals surface area contributed by atoms with Gasteiger partial charge in [-0.15, -0.1) is 0 Å². The second-order valence-corrected chi connectivity index (χ2v) is 5.37. The maximum absolute atomic E-state index is 5.77. The number of methoxy groups -OCH3 is 1. The molecule has 0 aliphatic heterocycles. The first-order valence-electron chi connectivity index (χ1n) is 8.08. The molecule has 0 saturated heterocycles. The van der Waals surface area contributed by atoms with Crippen molar-refractivity contribution in [1.29, 1.82) is 0 Å². The standard InChI is InChI=1S/C19H21N3O2/c1-23-17-10-4-5-11-18(17)24-13-7-6-12-20-19-15-8-2-3-9-16(15)21-14-22-19/h2-5,8-11,14H,6-7,12-13H2,1H3,(H,20,21,22). The van der Waals surface area contributed by atoms with E-state index in [1.807, 2.05) is 48.5 Å². The molecule has 5 heteroatoms. The van der Waals surface area contributed by atoms with Crippen molar-refractivity contribution in [3.05, 3.63) is 54.9 Å². The van der Waals surface area contributed by atoms with Crippen molar-refractivity contribution in [2.24, 2.45) is 0 Å². The van der Waals surface area contributed by atoms with Crippen molar-refractivity contribution in [2.75, 3.05) is 25.6 Å². The Morgan fingerprint density at radius 2 is 1.71 bits per heavy atom. The molecule has 0 amide bonds. The Morgan fingerprint density at radius 3 is 2.58 bits per heavy atom. The maximum Gasteiger partial charge on any atom is 0.161 e. The van der Waals surface area contributed by atoms with Gasteiger partial charge in [-0.25, -0.2) is 9.97 Å². The van der Waals surface area contributed by atoms with Gasteiger partial charge in [-0.1, -0.05) is 24.3 Å². The smallest absolute Gasteiger partial charge is 0.161 e. The van der Waals surface area contributed by atoms with Crippen LogP contribution in [0, 0.1) is 0 Å². The Hall–Kier alpha value is -2.82. The normalized spacial score (nSPS) is 10.5. The summed E-state index contributed by atoms with van der Waals surface area (Å²) in [5, 5.41) is 4.42. The van der Waals surface area contributed by atoms with E-state index in [1.54, 1.807) is 13.4 Å². The summed E-state index contributed by atoms with van der Waals surface area (Å²) >= 11 is 0. The number of fused-ring (bicyclic) bond motifs is 1. The SMILES string of the molecule is COc1ccccc1OCCCCNc1ncnc2ccccc12. The largest absolute Gasteiger partial charge is 0.493 e. The minimum atomic E-state index is 0.659. The summed E-state index contributed by atoms with van der Waals surface area (Å²) < 4.78 is 11.0. The summed E-state index contributed by atoms with van der Waals surface area (Å²) in [4.78, 5) is 8.59. The van der Waals surface area contributed by atoms with Crippen LogP contribution in [0.3, 0.4) is 0 Å². The third-order valence-electron chi connectivity index (χ3n) is 3.73. The Morgan fingerprint density at radius 1 is 0.917 bits per heavy atom. The molecule has 0 bridgehead atoms. The summed E-state index contributed by atoms with van der Waals surface area (Å²) in [6.45, 7) is 1.50. The van der Waals surface area contributed by atoms with Crippen molar-refractivity contribution in [2.45, 2.75) is 12.8 Å². The fraction of sp³-hybridized carbons (Fsp3) is 0.263. The number of ether oxygens (including phenoxy) is 2. The molecule has 0 aliphatic rings. The molecule has 0 saturated carbocycles. The minimum absolute atomic E-state index is 0.659. The van der Waals surface area contributed by atoms with E-state index in [0.29, 0.717) is 6.61 Å². The predicted octanol–water partition coefficient (Wildman–Crippen LogP) is 3.91. The summed E-state index contributed by atoms with van der Waals surface area (Å²) in [7, 11) is 1.65. The van der Waals surface area contributed by atoms with E-state index >= 15 is 0 Å². The first-order valence-corrected chi connectivity index (χ1v) is 8.08. The first-order chi connectivity index (χ1) is 11.9. The highest BCUT2D eigenvalue weighted by atomic mass is 16.5. The van der Waals surface area contributed by atoms with Gasteiger partial charge in [0.25, 0.3) is 0 Å². The predicted molar refractivity (Wildman–Crippen MR) is 95.8 cm³/mol. The molecule has 1 N–H and O–H groups in total. The van der Waals surface area contributed by atoms with Crippen molar-refractivity contribution >= 4 is 16.7 Å². The number of benzene rings is 2. The maximum atomic E-state index is 5.77. The van der Waals surface area contributed by atoms with Gasteiger partial charge in [-0.2, -0.15) is 0 Å². The Balaban J connectivity index is 1.44. The van der Waals surface area contributed by atoms with Gasteiger partial charge in [0.05, 0.1) is 19.2 Å². The number of nitrogens with one attached hydrogen (secondary N) is 1.